The highest BCUT2D eigenvalue weighted by atomic mass is 35.5. The molecule has 0 amide bonds. The van der Waals surface area contributed by atoms with E-state index in [0.29, 0.717) is 28.5 Å². The Balaban J connectivity index is 1.44. The predicted octanol–water partition coefficient (Wildman–Crippen LogP) is 3.87. The van der Waals surface area contributed by atoms with E-state index in [9.17, 15) is 4.79 Å². The van der Waals surface area contributed by atoms with Gasteiger partial charge in [0.2, 0.25) is 5.78 Å². The van der Waals surface area contributed by atoms with Gasteiger partial charge in [0.1, 0.15) is 17.5 Å². The van der Waals surface area contributed by atoms with Crippen LogP contribution >= 0.6 is 11.6 Å². The molecule has 0 aromatic carbocycles. The van der Waals surface area contributed by atoms with E-state index in [-0.39, 0.29) is 12.4 Å². The van der Waals surface area contributed by atoms with Crippen LogP contribution in [0, 0.1) is 0 Å². The zero-order valence-corrected chi connectivity index (χ0v) is 22.0. The van der Waals surface area contributed by atoms with Gasteiger partial charge in [-0.25, -0.2) is 14.6 Å². The van der Waals surface area contributed by atoms with Gasteiger partial charge in [-0.05, 0) is 37.8 Å². The van der Waals surface area contributed by atoms with Crippen molar-refractivity contribution in [2.24, 2.45) is 0 Å². The molecule has 37 heavy (non-hydrogen) atoms. The second-order valence-electron chi connectivity index (χ2n) is 10.2. The number of hydrogen-bond donors (Lipinski definition) is 0. The van der Waals surface area contributed by atoms with Gasteiger partial charge in [0.15, 0.2) is 5.65 Å². The van der Waals surface area contributed by atoms with Gasteiger partial charge < -0.3 is 14.4 Å². The molecule has 2 saturated heterocycles. The van der Waals surface area contributed by atoms with Crippen molar-refractivity contribution in [1.29, 1.82) is 0 Å². The van der Waals surface area contributed by atoms with E-state index < -0.39 is 0 Å². The number of piperidine rings is 1. The van der Waals surface area contributed by atoms with Gasteiger partial charge in [-0.1, -0.05) is 18.0 Å². The van der Waals surface area contributed by atoms with Crippen LogP contribution in [0.2, 0.25) is 5.15 Å². The number of carbonyl (C=O) groups excluding carboxylic acids is 1. The lowest BCUT2D eigenvalue weighted by Crippen LogP contribution is -2.49. The van der Waals surface area contributed by atoms with E-state index >= 15 is 0 Å². The summed E-state index contributed by atoms with van der Waals surface area (Å²) in [5.41, 5.74) is 4.00. The first-order valence-electron chi connectivity index (χ1n) is 13.3. The minimum Gasteiger partial charge on any atom is -0.379 e. The molecular weight excluding hydrogens is 492 g/mol. The van der Waals surface area contributed by atoms with Crippen LogP contribution in [-0.2, 0) is 9.47 Å². The predicted molar refractivity (Wildman–Crippen MR) is 142 cm³/mol. The Hall–Kier alpha value is -2.59. The lowest BCUT2D eigenvalue weighted by Gasteiger charge is -2.41. The van der Waals surface area contributed by atoms with Crippen molar-refractivity contribution in [3.63, 3.8) is 0 Å². The molecule has 0 N–H and O–H groups in total. The fourth-order valence-corrected chi connectivity index (χ4v) is 5.97. The number of hydrogen-bond acceptors (Lipinski definition) is 8. The maximum absolute atomic E-state index is 13.0. The fraction of sp³-hybridized carbons (Fsp3) is 0.556. The van der Waals surface area contributed by atoms with Gasteiger partial charge in [-0.2, -0.15) is 5.10 Å². The third kappa shape index (κ3) is 4.85. The van der Waals surface area contributed by atoms with Crippen LogP contribution in [0.5, 0.6) is 0 Å². The van der Waals surface area contributed by atoms with E-state index in [0.717, 1.165) is 87.5 Å². The highest BCUT2D eigenvalue weighted by molar-refractivity contribution is 6.29. The van der Waals surface area contributed by atoms with Crippen molar-refractivity contribution >= 4 is 34.1 Å². The van der Waals surface area contributed by atoms with Crippen LogP contribution in [0.4, 0.5) is 5.69 Å². The molecule has 2 aliphatic heterocycles. The monoisotopic (exact) mass is 524 g/mol. The standard InChI is InChI=1S/C27H33ClN6O3/c1-36-17-23(35)21-16-22(33-9-6-19(7-10-33)32-11-13-37-14-12-32)25-26(18-3-2-4-18)31-34(27(25)30-21)20-5-8-29-24(28)15-20/h5,8,15-16,18-19H,2-4,6-7,9-14,17H2,1H3. The van der Waals surface area contributed by atoms with Crippen LogP contribution in [0.15, 0.2) is 24.4 Å². The van der Waals surface area contributed by atoms with Crippen molar-refractivity contribution in [2.75, 3.05) is 58.0 Å². The molecule has 1 aliphatic carbocycles. The number of pyridine rings is 2. The summed E-state index contributed by atoms with van der Waals surface area (Å²) in [6.45, 7) is 5.49. The molecule has 3 aromatic rings. The third-order valence-electron chi connectivity index (χ3n) is 8.02. The number of carbonyl (C=O) groups is 1. The smallest absolute Gasteiger partial charge is 0.206 e. The van der Waals surface area contributed by atoms with Crippen LogP contribution in [0.1, 0.15) is 54.2 Å². The number of rotatable bonds is 7. The molecule has 0 radical (unpaired) electrons. The Morgan fingerprint density at radius 1 is 1.14 bits per heavy atom. The Morgan fingerprint density at radius 2 is 1.92 bits per heavy atom. The summed E-state index contributed by atoms with van der Waals surface area (Å²) in [5.74, 6) is 0.257. The summed E-state index contributed by atoms with van der Waals surface area (Å²) in [6, 6.07) is 6.20. The molecule has 3 aromatic heterocycles. The summed E-state index contributed by atoms with van der Waals surface area (Å²) in [5, 5.41) is 6.53. The minimum atomic E-state index is -0.139. The van der Waals surface area contributed by atoms with Crippen LogP contribution in [0.25, 0.3) is 16.7 Å². The number of ether oxygens (including phenoxy) is 2. The summed E-state index contributed by atoms with van der Waals surface area (Å²) in [7, 11) is 1.53. The summed E-state index contributed by atoms with van der Waals surface area (Å²) in [4.78, 5) is 27.0. The van der Waals surface area contributed by atoms with Crippen molar-refractivity contribution in [2.45, 2.75) is 44.1 Å². The molecule has 3 fully saturated rings. The van der Waals surface area contributed by atoms with Gasteiger partial charge in [0.05, 0.1) is 35.7 Å². The molecule has 9 nitrogen and oxygen atoms in total. The van der Waals surface area contributed by atoms with Gasteiger partial charge in [0.25, 0.3) is 0 Å². The first-order chi connectivity index (χ1) is 18.1. The lowest BCUT2D eigenvalue weighted by atomic mass is 9.82. The summed E-state index contributed by atoms with van der Waals surface area (Å²) < 4.78 is 12.6. The Kier molecular flexibility index (Phi) is 7.12. The average molecular weight is 525 g/mol. The Labute approximate surface area is 221 Å². The molecule has 0 bridgehead atoms. The molecule has 6 rings (SSSR count). The summed E-state index contributed by atoms with van der Waals surface area (Å²) >= 11 is 6.24. The zero-order valence-electron chi connectivity index (χ0n) is 21.2. The maximum Gasteiger partial charge on any atom is 0.206 e. The van der Waals surface area contributed by atoms with Gasteiger partial charge in [-0.3, -0.25) is 9.69 Å². The van der Waals surface area contributed by atoms with Gasteiger partial charge in [0, 0.05) is 57.5 Å². The fourth-order valence-electron chi connectivity index (χ4n) is 5.81. The molecular formula is C27H33ClN6O3. The number of halogens is 1. The molecule has 10 heteroatoms. The summed E-state index contributed by atoms with van der Waals surface area (Å²) in [6.07, 6.45) is 7.28. The average Bonchev–Trinajstić information content (AvgIpc) is 3.27. The molecule has 3 aliphatic rings. The highest BCUT2D eigenvalue weighted by Crippen LogP contribution is 2.43. The first kappa shape index (κ1) is 24.7. The molecule has 1 saturated carbocycles. The van der Waals surface area contributed by atoms with E-state index in [1.807, 2.05) is 16.8 Å². The zero-order chi connectivity index (χ0) is 25.4. The van der Waals surface area contributed by atoms with E-state index in [2.05, 4.69) is 14.8 Å². The third-order valence-corrected chi connectivity index (χ3v) is 8.23. The number of Topliss-reactive ketones (excluding diaryl/α,β-unsaturated/α-hetero) is 1. The Morgan fingerprint density at radius 3 is 2.59 bits per heavy atom. The normalized spacial score (nSPS) is 19.9. The number of nitrogens with zero attached hydrogens (tertiary/aromatic N) is 6. The van der Waals surface area contributed by atoms with Crippen LogP contribution in [-0.4, -0.2) is 89.6 Å². The largest absolute Gasteiger partial charge is 0.379 e. The van der Waals surface area contributed by atoms with Crippen molar-refractivity contribution in [3.05, 3.63) is 40.9 Å². The van der Waals surface area contributed by atoms with Crippen molar-refractivity contribution in [1.82, 2.24) is 24.6 Å². The first-order valence-corrected chi connectivity index (χ1v) is 13.6. The van der Waals surface area contributed by atoms with Crippen molar-refractivity contribution in [3.8, 4) is 5.69 Å². The number of anilines is 1. The molecule has 5 heterocycles. The second-order valence-corrected chi connectivity index (χ2v) is 10.6. The van der Waals surface area contributed by atoms with Crippen LogP contribution < -0.4 is 4.90 Å². The number of aromatic nitrogens is 4. The van der Waals surface area contributed by atoms with E-state index in [1.54, 1.807) is 12.3 Å². The number of ketones is 1. The van der Waals surface area contributed by atoms with Crippen LogP contribution in [0.3, 0.4) is 0 Å². The molecule has 0 spiro atoms. The topological polar surface area (TPSA) is 85.6 Å². The lowest BCUT2D eigenvalue weighted by molar-refractivity contribution is 0.0115. The number of fused-ring (bicyclic) bond motifs is 1. The minimum absolute atomic E-state index is 0.0121. The number of methoxy groups -OCH3 is 1. The molecule has 196 valence electrons. The van der Waals surface area contributed by atoms with Crippen molar-refractivity contribution < 1.29 is 14.3 Å². The number of morpholine rings is 1. The SMILES string of the molecule is COCC(=O)c1cc(N2CCC(N3CCOCC3)CC2)c2c(C3CCC3)nn(-c3ccnc(Cl)c3)c2n1. The van der Waals surface area contributed by atoms with E-state index in [4.69, 9.17) is 31.2 Å². The highest BCUT2D eigenvalue weighted by Gasteiger charge is 2.32. The molecule has 0 unspecified atom stereocenters. The maximum atomic E-state index is 13.0. The van der Waals surface area contributed by atoms with Gasteiger partial charge in [-0.15, -0.1) is 0 Å². The van der Waals surface area contributed by atoms with E-state index in [1.165, 1.54) is 13.5 Å². The quantitative estimate of drug-likeness (QED) is 0.340. The molecule has 0 atom stereocenters. The second kappa shape index (κ2) is 10.6. The van der Waals surface area contributed by atoms with Gasteiger partial charge >= 0.3 is 0 Å². The Bertz CT molecular complexity index is 1280.